The van der Waals surface area contributed by atoms with Crippen LogP contribution in [0.2, 0.25) is 0 Å². The van der Waals surface area contributed by atoms with E-state index < -0.39 is 17.8 Å². The van der Waals surface area contributed by atoms with Crippen molar-refractivity contribution in [1.82, 2.24) is 4.90 Å². The monoisotopic (exact) mass is 291 g/mol. The summed E-state index contributed by atoms with van der Waals surface area (Å²) < 4.78 is 13.4. The first-order valence-electron chi connectivity index (χ1n) is 7.28. The lowest BCUT2D eigenvalue weighted by molar-refractivity contribution is -0.142. The Hall–Kier alpha value is -1.91. The van der Waals surface area contributed by atoms with Crippen LogP contribution in [0.25, 0.3) is 0 Å². The Morgan fingerprint density at radius 2 is 2.10 bits per heavy atom. The van der Waals surface area contributed by atoms with Gasteiger partial charge < -0.3 is 10.0 Å². The summed E-state index contributed by atoms with van der Waals surface area (Å²) in [7, 11) is 0. The van der Waals surface area contributed by atoms with E-state index in [0.717, 1.165) is 12.0 Å². The van der Waals surface area contributed by atoms with Crippen LogP contribution in [-0.2, 0) is 9.59 Å². The molecule has 0 spiro atoms. The summed E-state index contributed by atoms with van der Waals surface area (Å²) in [6, 6.07) is 6.18. The zero-order chi connectivity index (χ0) is 15.1. The molecule has 4 unspecified atom stereocenters. The number of carboxylic acids is 1. The summed E-state index contributed by atoms with van der Waals surface area (Å²) >= 11 is 0. The first-order valence-corrected chi connectivity index (χ1v) is 7.28. The topological polar surface area (TPSA) is 57.6 Å². The number of hydrogen-bond acceptors (Lipinski definition) is 2. The van der Waals surface area contributed by atoms with Crippen LogP contribution >= 0.6 is 0 Å². The maximum atomic E-state index is 13.4. The lowest BCUT2D eigenvalue weighted by Gasteiger charge is -2.27. The van der Waals surface area contributed by atoms with Crippen LogP contribution < -0.4 is 0 Å². The average molecular weight is 291 g/mol. The molecule has 1 aliphatic carbocycles. The maximum Gasteiger partial charge on any atom is 0.307 e. The Morgan fingerprint density at radius 3 is 2.71 bits per heavy atom. The predicted octanol–water partition coefficient (Wildman–Crippen LogP) is 2.46. The predicted molar refractivity (Wildman–Crippen MR) is 73.9 cm³/mol. The second-order valence-electron chi connectivity index (χ2n) is 6.08. The summed E-state index contributed by atoms with van der Waals surface area (Å²) in [6.07, 6.45) is 1.28. The van der Waals surface area contributed by atoms with Gasteiger partial charge in [-0.2, -0.15) is 0 Å². The zero-order valence-electron chi connectivity index (χ0n) is 11.8. The maximum absolute atomic E-state index is 13.4. The molecular weight excluding hydrogens is 273 g/mol. The Balaban J connectivity index is 1.82. The van der Waals surface area contributed by atoms with E-state index >= 15 is 0 Å². The van der Waals surface area contributed by atoms with Gasteiger partial charge in [-0.15, -0.1) is 0 Å². The molecule has 1 heterocycles. The third-order valence-corrected chi connectivity index (χ3v) is 4.60. The number of rotatable bonds is 3. The highest BCUT2D eigenvalue weighted by Gasteiger charge is 2.52. The Bertz CT molecular complexity index is 589. The number of hydrogen-bond donors (Lipinski definition) is 1. The molecule has 3 rings (SSSR count). The quantitative estimate of drug-likeness (QED) is 0.930. The van der Waals surface area contributed by atoms with Gasteiger partial charge in [0.2, 0.25) is 5.91 Å². The largest absolute Gasteiger partial charge is 0.481 e. The molecular formula is C16H18FNO3. The fraction of sp³-hybridized carbons (Fsp3) is 0.500. The molecule has 1 aromatic rings. The van der Waals surface area contributed by atoms with Gasteiger partial charge in [-0.3, -0.25) is 9.59 Å². The van der Waals surface area contributed by atoms with Crippen molar-refractivity contribution in [2.75, 3.05) is 6.54 Å². The molecule has 4 atom stereocenters. The van der Waals surface area contributed by atoms with Gasteiger partial charge in [0, 0.05) is 6.54 Å². The molecule has 2 fully saturated rings. The molecule has 1 N–H and O–H groups in total. The van der Waals surface area contributed by atoms with Gasteiger partial charge in [0.25, 0.3) is 0 Å². The highest BCUT2D eigenvalue weighted by atomic mass is 19.1. The Morgan fingerprint density at radius 1 is 1.33 bits per heavy atom. The summed E-state index contributed by atoms with van der Waals surface area (Å²) in [5, 5.41) is 8.97. The smallest absolute Gasteiger partial charge is 0.307 e. The normalized spacial score (nSPS) is 31.2. The van der Waals surface area contributed by atoms with Crippen LogP contribution in [0.15, 0.2) is 24.3 Å². The van der Waals surface area contributed by atoms with Gasteiger partial charge in [-0.25, -0.2) is 4.39 Å². The van der Waals surface area contributed by atoms with Crippen LogP contribution in [-0.4, -0.2) is 28.4 Å². The molecule has 21 heavy (non-hydrogen) atoms. The first kappa shape index (κ1) is 14.0. The number of likely N-dealkylation sites (tertiary alicyclic amines) is 1. The third-order valence-electron chi connectivity index (χ3n) is 4.60. The van der Waals surface area contributed by atoms with Crippen molar-refractivity contribution in [1.29, 1.82) is 0 Å². The molecule has 1 amide bonds. The number of carbonyl (C=O) groups excluding carboxylic acids is 1. The highest BCUT2D eigenvalue weighted by Crippen LogP contribution is 2.45. The van der Waals surface area contributed by atoms with E-state index in [4.69, 9.17) is 5.11 Å². The molecule has 112 valence electrons. The van der Waals surface area contributed by atoms with Gasteiger partial charge in [0.15, 0.2) is 0 Å². The van der Waals surface area contributed by atoms with E-state index in [1.54, 1.807) is 11.0 Å². The summed E-state index contributed by atoms with van der Waals surface area (Å²) in [5.74, 6) is -2.00. The van der Waals surface area contributed by atoms with Gasteiger partial charge in [0.05, 0.1) is 17.9 Å². The zero-order valence-corrected chi connectivity index (χ0v) is 11.8. The molecule has 4 nitrogen and oxygen atoms in total. The van der Waals surface area contributed by atoms with Gasteiger partial charge in [-0.05, 0) is 36.5 Å². The minimum Gasteiger partial charge on any atom is -0.481 e. The SMILES string of the molecule is CC1CCN(C(=O)C2CC2C(=O)O)C1c1cccc(F)c1. The van der Waals surface area contributed by atoms with Crippen LogP contribution in [0, 0.1) is 23.6 Å². The van der Waals surface area contributed by atoms with E-state index in [2.05, 4.69) is 0 Å². The van der Waals surface area contributed by atoms with Crippen molar-refractivity contribution in [3.63, 3.8) is 0 Å². The van der Waals surface area contributed by atoms with Gasteiger partial charge in [-0.1, -0.05) is 19.1 Å². The number of benzene rings is 1. The number of halogens is 1. The summed E-state index contributed by atoms with van der Waals surface area (Å²) in [4.78, 5) is 25.2. The summed E-state index contributed by atoms with van der Waals surface area (Å²) in [6.45, 7) is 2.66. The summed E-state index contributed by atoms with van der Waals surface area (Å²) in [5.41, 5.74) is 0.792. The number of carbonyl (C=O) groups is 2. The van der Waals surface area contributed by atoms with Gasteiger partial charge in [0.1, 0.15) is 5.82 Å². The minimum atomic E-state index is -0.900. The fourth-order valence-electron chi connectivity index (χ4n) is 3.35. The molecule has 0 radical (unpaired) electrons. The van der Waals surface area contributed by atoms with Crippen molar-refractivity contribution in [2.24, 2.45) is 17.8 Å². The van der Waals surface area contributed by atoms with Crippen molar-refractivity contribution in [3.05, 3.63) is 35.6 Å². The number of amides is 1. The van der Waals surface area contributed by atoms with Crippen molar-refractivity contribution < 1.29 is 19.1 Å². The van der Waals surface area contributed by atoms with Crippen molar-refractivity contribution in [3.8, 4) is 0 Å². The second-order valence-corrected chi connectivity index (χ2v) is 6.08. The van der Waals surface area contributed by atoms with Crippen LogP contribution in [0.1, 0.15) is 31.4 Å². The Kier molecular flexibility index (Phi) is 3.43. The van der Waals surface area contributed by atoms with E-state index in [1.165, 1.54) is 12.1 Å². The molecule has 5 heteroatoms. The fourth-order valence-corrected chi connectivity index (χ4v) is 3.35. The van der Waals surface area contributed by atoms with Crippen molar-refractivity contribution in [2.45, 2.75) is 25.8 Å². The van der Waals surface area contributed by atoms with E-state index in [-0.39, 0.29) is 23.7 Å². The molecule has 1 aliphatic heterocycles. The Labute approximate surface area is 122 Å². The lowest BCUT2D eigenvalue weighted by atomic mass is 9.95. The molecule has 1 saturated heterocycles. The lowest BCUT2D eigenvalue weighted by Crippen LogP contribution is -2.33. The standard InChI is InChI=1S/C16H18FNO3/c1-9-5-6-18(15(19)12-8-13(12)16(20)21)14(9)10-3-2-4-11(17)7-10/h2-4,7,9,12-14H,5-6,8H2,1H3,(H,20,21). The average Bonchev–Trinajstić information content (AvgIpc) is 3.15. The second kappa shape index (κ2) is 5.13. The number of aliphatic carboxylic acids is 1. The van der Waals surface area contributed by atoms with Crippen LogP contribution in [0.4, 0.5) is 4.39 Å². The van der Waals surface area contributed by atoms with Crippen LogP contribution in [0.3, 0.4) is 0 Å². The van der Waals surface area contributed by atoms with Gasteiger partial charge >= 0.3 is 5.97 Å². The molecule has 2 aliphatic rings. The third kappa shape index (κ3) is 2.52. The molecule has 0 aromatic heterocycles. The molecule has 1 saturated carbocycles. The minimum absolute atomic E-state index is 0.0963. The number of carboxylic acid groups (broad SMARTS) is 1. The van der Waals surface area contributed by atoms with Crippen molar-refractivity contribution >= 4 is 11.9 Å². The number of nitrogens with zero attached hydrogens (tertiary/aromatic N) is 1. The van der Waals surface area contributed by atoms with E-state index in [0.29, 0.717) is 13.0 Å². The highest BCUT2D eigenvalue weighted by molar-refractivity contribution is 5.89. The molecule has 0 bridgehead atoms. The first-order chi connectivity index (χ1) is 9.99. The van der Waals surface area contributed by atoms with Crippen LogP contribution in [0.5, 0.6) is 0 Å². The molecule has 1 aromatic carbocycles. The van der Waals surface area contributed by atoms with E-state index in [1.807, 2.05) is 13.0 Å². The van der Waals surface area contributed by atoms with E-state index in [9.17, 15) is 14.0 Å².